The molecule has 0 aromatic heterocycles. The SMILES string of the molecule is CC(C)(C)OC(=O)NCC(=CF)COc1ccc(C(=O)O)cc1. The average molecular weight is 325 g/mol. The number of aromatic carboxylic acids is 1. The number of carbonyl (C=O) groups is 2. The van der Waals surface area contributed by atoms with E-state index >= 15 is 0 Å². The van der Waals surface area contributed by atoms with Gasteiger partial charge in [0.2, 0.25) is 0 Å². The second-order valence-corrected chi connectivity index (χ2v) is 5.74. The minimum Gasteiger partial charge on any atom is -0.489 e. The summed E-state index contributed by atoms with van der Waals surface area (Å²) < 4.78 is 23.2. The highest BCUT2D eigenvalue weighted by Crippen LogP contribution is 2.13. The zero-order chi connectivity index (χ0) is 17.5. The molecular formula is C16H20FNO5. The predicted molar refractivity (Wildman–Crippen MR) is 82.3 cm³/mol. The topological polar surface area (TPSA) is 84.9 Å². The molecule has 1 aromatic rings. The van der Waals surface area contributed by atoms with Crippen LogP contribution in [0.4, 0.5) is 9.18 Å². The summed E-state index contributed by atoms with van der Waals surface area (Å²) in [5.74, 6) is -0.644. The minimum absolute atomic E-state index is 0.0569. The molecule has 1 rings (SSSR count). The van der Waals surface area contributed by atoms with E-state index in [1.165, 1.54) is 24.3 Å². The monoisotopic (exact) mass is 325 g/mol. The summed E-state index contributed by atoms with van der Waals surface area (Å²) in [5.41, 5.74) is -0.296. The van der Waals surface area contributed by atoms with Crippen molar-refractivity contribution in [1.82, 2.24) is 5.32 Å². The van der Waals surface area contributed by atoms with E-state index in [9.17, 15) is 14.0 Å². The van der Waals surface area contributed by atoms with Gasteiger partial charge in [0.1, 0.15) is 18.0 Å². The van der Waals surface area contributed by atoms with Gasteiger partial charge in [-0.25, -0.2) is 14.0 Å². The number of alkyl carbamates (subject to hydrolysis) is 1. The third kappa shape index (κ3) is 7.30. The summed E-state index contributed by atoms with van der Waals surface area (Å²) in [6.07, 6.45) is -0.300. The Hall–Kier alpha value is -2.57. The molecule has 1 amide bonds. The molecule has 0 aliphatic heterocycles. The van der Waals surface area contributed by atoms with Crippen molar-refractivity contribution in [3.8, 4) is 5.75 Å². The number of hydrogen-bond acceptors (Lipinski definition) is 4. The van der Waals surface area contributed by atoms with Gasteiger partial charge < -0.3 is 19.9 Å². The molecule has 6 nitrogen and oxygen atoms in total. The van der Waals surface area contributed by atoms with Crippen LogP contribution in [-0.4, -0.2) is 35.9 Å². The van der Waals surface area contributed by atoms with Crippen molar-refractivity contribution in [1.29, 1.82) is 0 Å². The standard InChI is InChI=1S/C16H20FNO5/c1-16(2,3)23-15(21)18-9-11(8-17)10-22-13-6-4-12(5-7-13)14(19)20/h4-8H,9-10H2,1-3H3,(H,18,21)(H,19,20). The number of carbonyl (C=O) groups excluding carboxylic acids is 1. The van der Waals surface area contributed by atoms with Crippen molar-refractivity contribution in [2.75, 3.05) is 13.2 Å². The fraction of sp³-hybridized carbons (Fsp3) is 0.375. The summed E-state index contributed by atoms with van der Waals surface area (Å²) in [7, 11) is 0. The smallest absolute Gasteiger partial charge is 0.407 e. The Morgan fingerprint density at radius 2 is 1.87 bits per heavy atom. The van der Waals surface area contributed by atoms with Gasteiger partial charge in [-0.15, -0.1) is 0 Å². The van der Waals surface area contributed by atoms with E-state index in [1.807, 2.05) is 0 Å². The van der Waals surface area contributed by atoms with Crippen molar-refractivity contribution in [3.63, 3.8) is 0 Å². The van der Waals surface area contributed by atoms with Gasteiger partial charge in [-0.1, -0.05) is 0 Å². The van der Waals surface area contributed by atoms with Crippen LogP contribution in [0.2, 0.25) is 0 Å². The van der Waals surface area contributed by atoms with Crippen LogP contribution in [0.3, 0.4) is 0 Å². The van der Waals surface area contributed by atoms with Crippen LogP contribution in [0, 0.1) is 0 Å². The number of nitrogens with one attached hydrogen (secondary N) is 1. The van der Waals surface area contributed by atoms with Crippen molar-refractivity contribution in [2.24, 2.45) is 0 Å². The van der Waals surface area contributed by atoms with Crippen molar-refractivity contribution in [3.05, 3.63) is 41.7 Å². The van der Waals surface area contributed by atoms with Gasteiger partial charge in [0, 0.05) is 12.1 Å². The van der Waals surface area contributed by atoms with Gasteiger partial charge in [-0.2, -0.15) is 0 Å². The molecule has 2 N–H and O–H groups in total. The molecule has 0 fully saturated rings. The lowest BCUT2D eigenvalue weighted by Crippen LogP contribution is -2.34. The highest BCUT2D eigenvalue weighted by molar-refractivity contribution is 5.87. The second-order valence-electron chi connectivity index (χ2n) is 5.74. The Morgan fingerprint density at radius 3 is 2.35 bits per heavy atom. The van der Waals surface area contributed by atoms with Gasteiger partial charge in [-0.05, 0) is 45.0 Å². The molecule has 1 aromatic carbocycles. The zero-order valence-electron chi connectivity index (χ0n) is 13.3. The Balaban J connectivity index is 2.45. The number of carboxylic acids is 1. The fourth-order valence-corrected chi connectivity index (χ4v) is 1.49. The summed E-state index contributed by atoms with van der Waals surface area (Å²) in [6, 6.07) is 5.71. The maximum Gasteiger partial charge on any atom is 0.407 e. The molecule has 0 bridgehead atoms. The number of amides is 1. The fourth-order valence-electron chi connectivity index (χ4n) is 1.49. The van der Waals surface area contributed by atoms with E-state index in [-0.39, 0.29) is 24.3 Å². The first-order valence-electron chi connectivity index (χ1n) is 6.92. The van der Waals surface area contributed by atoms with Crippen LogP contribution in [0.5, 0.6) is 5.75 Å². The molecule has 0 unspecified atom stereocenters. The number of ether oxygens (including phenoxy) is 2. The van der Waals surface area contributed by atoms with Crippen molar-refractivity contribution >= 4 is 12.1 Å². The maximum absolute atomic E-state index is 12.8. The molecule has 0 aliphatic rings. The Bertz CT molecular complexity index is 575. The number of halogens is 1. The number of carboxylic acid groups (broad SMARTS) is 1. The van der Waals surface area contributed by atoms with Crippen LogP contribution >= 0.6 is 0 Å². The van der Waals surface area contributed by atoms with E-state index < -0.39 is 17.7 Å². The molecule has 0 radical (unpaired) electrons. The lowest BCUT2D eigenvalue weighted by Gasteiger charge is -2.20. The van der Waals surface area contributed by atoms with Crippen molar-refractivity contribution < 1.29 is 28.6 Å². The molecule has 0 heterocycles. The first-order chi connectivity index (χ1) is 10.7. The van der Waals surface area contributed by atoms with E-state index in [1.54, 1.807) is 20.8 Å². The first-order valence-corrected chi connectivity index (χ1v) is 6.92. The van der Waals surface area contributed by atoms with E-state index in [0.29, 0.717) is 12.1 Å². The normalized spacial score (nSPS) is 11.7. The van der Waals surface area contributed by atoms with Crippen molar-refractivity contribution in [2.45, 2.75) is 26.4 Å². The molecule has 23 heavy (non-hydrogen) atoms. The largest absolute Gasteiger partial charge is 0.489 e. The molecule has 0 aliphatic carbocycles. The molecule has 126 valence electrons. The highest BCUT2D eigenvalue weighted by Gasteiger charge is 2.16. The van der Waals surface area contributed by atoms with Crippen LogP contribution in [0.1, 0.15) is 31.1 Å². The number of rotatable bonds is 6. The van der Waals surface area contributed by atoms with Gasteiger partial charge in [-0.3, -0.25) is 0 Å². The van der Waals surface area contributed by atoms with E-state index in [4.69, 9.17) is 14.6 Å². The molecule has 0 atom stereocenters. The summed E-state index contributed by atoms with van der Waals surface area (Å²) >= 11 is 0. The summed E-state index contributed by atoms with van der Waals surface area (Å²) in [5, 5.41) is 11.2. The zero-order valence-corrected chi connectivity index (χ0v) is 13.3. The summed E-state index contributed by atoms with van der Waals surface area (Å²) in [4.78, 5) is 22.2. The van der Waals surface area contributed by atoms with Gasteiger partial charge in [0.25, 0.3) is 0 Å². The highest BCUT2D eigenvalue weighted by atomic mass is 19.1. The van der Waals surface area contributed by atoms with E-state index in [0.717, 1.165) is 0 Å². The molecule has 7 heteroatoms. The van der Waals surface area contributed by atoms with Crippen LogP contribution in [0.25, 0.3) is 0 Å². The number of hydrogen-bond donors (Lipinski definition) is 2. The third-order valence-corrected chi connectivity index (χ3v) is 2.54. The lowest BCUT2D eigenvalue weighted by molar-refractivity contribution is 0.0531. The molecule has 0 saturated heterocycles. The van der Waals surface area contributed by atoms with Crippen LogP contribution in [0.15, 0.2) is 36.2 Å². The van der Waals surface area contributed by atoms with Crippen LogP contribution < -0.4 is 10.1 Å². The Kier molecular flexibility index (Phi) is 6.56. The molecule has 0 spiro atoms. The minimum atomic E-state index is -1.04. The van der Waals surface area contributed by atoms with Crippen LogP contribution in [-0.2, 0) is 4.74 Å². The maximum atomic E-state index is 12.8. The van der Waals surface area contributed by atoms with E-state index in [2.05, 4.69) is 5.32 Å². The van der Waals surface area contributed by atoms with Gasteiger partial charge in [0.15, 0.2) is 0 Å². The third-order valence-electron chi connectivity index (χ3n) is 2.54. The Labute approximate surface area is 133 Å². The van der Waals surface area contributed by atoms with Gasteiger partial charge >= 0.3 is 12.1 Å². The average Bonchev–Trinajstić information content (AvgIpc) is 2.46. The first kappa shape index (κ1) is 18.5. The predicted octanol–water partition coefficient (Wildman–Crippen LogP) is 3.14. The van der Waals surface area contributed by atoms with Gasteiger partial charge in [0.05, 0.1) is 11.9 Å². The molecule has 0 saturated carbocycles. The quantitative estimate of drug-likeness (QED) is 0.839. The Morgan fingerprint density at radius 1 is 1.26 bits per heavy atom. The second kappa shape index (κ2) is 8.17. The lowest BCUT2D eigenvalue weighted by atomic mass is 10.2. The number of benzene rings is 1. The summed E-state index contributed by atoms with van der Waals surface area (Å²) in [6.45, 7) is 5.03. The molecular weight excluding hydrogens is 305 g/mol.